The van der Waals surface area contributed by atoms with E-state index in [1.807, 2.05) is 0 Å². The molecule has 0 aromatic rings. The molecular weight excluding hydrogens is 367 g/mol. The first-order chi connectivity index (χ1) is 11.2. The topological polar surface area (TPSA) is 9.23 Å². The fourth-order valence-electron chi connectivity index (χ4n) is 3.07. The molecule has 0 aliphatic heterocycles. The van der Waals surface area contributed by atoms with E-state index in [0.717, 1.165) is 49.9 Å². The van der Waals surface area contributed by atoms with Crippen LogP contribution in [0.1, 0.15) is 71.1 Å². The Morgan fingerprint density at radius 2 is 1.00 bits per heavy atom. The summed E-state index contributed by atoms with van der Waals surface area (Å²) >= 11 is 17.5. The Balaban J connectivity index is 4.51. The first-order valence-corrected chi connectivity index (χ1v) is 13.7. The van der Waals surface area contributed by atoms with Gasteiger partial charge in [0.05, 0.1) is 0 Å². The standard InChI is InChI=1S/C18H37Cl3OSi/c1-2-15-22-23(16-9-3-6-12-19,17-10-4-7-13-20)18-11-5-8-14-21/h2-18H2,1H3. The minimum Gasteiger partial charge on any atom is -0.417 e. The summed E-state index contributed by atoms with van der Waals surface area (Å²) in [7, 11) is -1.60. The van der Waals surface area contributed by atoms with Gasteiger partial charge in [-0.3, -0.25) is 0 Å². The minimum absolute atomic E-state index is 0.788. The highest BCUT2D eigenvalue weighted by Gasteiger charge is 2.33. The first kappa shape index (κ1) is 24.0. The number of rotatable bonds is 18. The number of unbranched alkanes of at least 4 members (excludes halogenated alkanes) is 6. The Morgan fingerprint density at radius 1 is 0.609 bits per heavy atom. The van der Waals surface area contributed by atoms with Crippen molar-refractivity contribution in [1.82, 2.24) is 0 Å². The van der Waals surface area contributed by atoms with E-state index in [-0.39, 0.29) is 0 Å². The average Bonchev–Trinajstić information content (AvgIpc) is 2.57. The molecule has 0 rings (SSSR count). The Bertz CT molecular complexity index is 211. The van der Waals surface area contributed by atoms with Gasteiger partial charge < -0.3 is 4.43 Å². The maximum Gasteiger partial charge on any atom is 0.192 e. The molecule has 0 saturated heterocycles. The predicted molar refractivity (Wildman–Crippen MR) is 110 cm³/mol. The summed E-state index contributed by atoms with van der Waals surface area (Å²) in [5, 5.41) is 0. The summed E-state index contributed by atoms with van der Waals surface area (Å²) in [6.07, 6.45) is 12.1. The lowest BCUT2D eigenvalue weighted by atomic mass is 10.3. The fourth-order valence-corrected chi connectivity index (χ4v) is 8.14. The molecule has 0 aromatic heterocycles. The van der Waals surface area contributed by atoms with Crippen LogP contribution in [0, 0.1) is 0 Å². The molecule has 0 atom stereocenters. The number of hydrogen-bond donors (Lipinski definition) is 0. The summed E-state index contributed by atoms with van der Waals surface area (Å²) in [6, 6.07) is 3.93. The Labute approximate surface area is 160 Å². The van der Waals surface area contributed by atoms with E-state index in [2.05, 4.69) is 6.92 Å². The lowest BCUT2D eigenvalue weighted by Gasteiger charge is -2.32. The SMILES string of the molecule is CCCO[Si](CCCCCCl)(CCCCCCl)CCCCCCl. The second-order valence-corrected chi connectivity index (χ2v) is 11.8. The highest BCUT2D eigenvalue weighted by Crippen LogP contribution is 2.30. The van der Waals surface area contributed by atoms with Gasteiger partial charge in [0.1, 0.15) is 0 Å². The minimum atomic E-state index is -1.60. The van der Waals surface area contributed by atoms with Gasteiger partial charge >= 0.3 is 0 Å². The number of hydrogen-bond acceptors (Lipinski definition) is 1. The van der Waals surface area contributed by atoms with E-state index in [4.69, 9.17) is 39.2 Å². The molecule has 0 heterocycles. The van der Waals surface area contributed by atoms with Crippen LogP contribution in [0.2, 0.25) is 18.1 Å². The van der Waals surface area contributed by atoms with Crippen molar-refractivity contribution in [3.8, 4) is 0 Å². The second kappa shape index (κ2) is 17.9. The van der Waals surface area contributed by atoms with Crippen molar-refractivity contribution in [2.24, 2.45) is 0 Å². The van der Waals surface area contributed by atoms with Crippen LogP contribution >= 0.6 is 34.8 Å². The summed E-state index contributed by atoms with van der Waals surface area (Å²) in [5.41, 5.74) is 0. The van der Waals surface area contributed by atoms with Gasteiger partial charge in [0, 0.05) is 24.2 Å². The van der Waals surface area contributed by atoms with Crippen molar-refractivity contribution >= 4 is 43.1 Å². The van der Waals surface area contributed by atoms with Gasteiger partial charge in [-0.2, -0.15) is 0 Å². The molecule has 0 radical (unpaired) electrons. The lowest BCUT2D eigenvalue weighted by Crippen LogP contribution is -2.38. The maximum absolute atomic E-state index is 6.56. The summed E-state index contributed by atoms with van der Waals surface area (Å²) in [4.78, 5) is 0. The van der Waals surface area contributed by atoms with Crippen molar-refractivity contribution in [3.63, 3.8) is 0 Å². The lowest BCUT2D eigenvalue weighted by molar-refractivity contribution is 0.293. The summed E-state index contributed by atoms with van der Waals surface area (Å²) in [6.45, 7) is 3.15. The molecule has 140 valence electrons. The Hall–Kier alpha value is 1.05. The van der Waals surface area contributed by atoms with E-state index in [1.54, 1.807) is 0 Å². The third-order valence-corrected chi connectivity index (χ3v) is 9.82. The smallest absolute Gasteiger partial charge is 0.192 e. The van der Waals surface area contributed by atoms with Crippen LogP contribution in [0.15, 0.2) is 0 Å². The predicted octanol–water partition coefficient (Wildman–Crippen LogP) is 7.59. The van der Waals surface area contributed by atoms with Gasteiger partial charge in [-0.1, -0.05) is 45.4 Å². The van der Waals surface area contributed by atoms with Crippen LogP contribution in [0.4, 0.5) is 0 Å². The molecule has 0 aromatic carbocycles. The molecule has 0 N–H and O–H groups in total. The van der Waals surface area contributed by atoms with E-state index < -0.39 is 8.32 Å². The molecule has 0 bridgehead atoms. The van der Waals surface area contributed by atoms with E-state index in [9.17, 15) is 0 Å². The largest absolute Gasteiger partial charge is 0.417 e. The van der Waals surface area contributed by atoms with Crippen molar-refractivity contribution in [2.45, 2.75) is 89.3 Å². The molecule has 5 heteroatoms. The van der Waals surface area contributed by atoms with Crippen LogP contribution in [0.5, 0.6) is 0 Å². The van der Waals surface area contributed by atoms with Gasteiger partial charge in [0.25, 0.3) is 0 Å². The van der Waals surface area contributed by atoms with Crippen molar-refractivity contribution in [1.29, 1.82) is 0 Å². The molecule has 0 amide bonds. The number of alkyl halides is 3. The number of halogens is 3. The molecule has 1 nitrogen and oxygen atoms in total. The summed E-state index contributed by atoms with van der Waals surface area (Å²) in [5.74, 6) is 2.36. The average molecular weight is 404 g/mol. The Kier molecular flexibility index (Phi) is 18.7. The van der Waals surface area contributed by atoms with Crippen LogP contribution in [0.3, 0.4) is 0 Å². The molecular formula is C18H37Cl3OSi. The molecule has 23 heavy (non-hydrogen) atoms. The third-order valence-electron chi connectivity index (χ3n) is 4.41. The van der Waals surface area contributed by atoms with Gasteiger partial charge in [-0.05, 0) is 43.8 Å². The summed E-state index contributed by atoms with van der Waals surface area (Å²) < 4.78 is 6.56. The van der Waals surface area contributed by atoms with Crippen molar-refractivity contribution in [2.75, 3.05) is 24.2 Å². The fraction of sp³-hybridized carbons (Fsp3) is 1.00. The zero-order valence-corrected chi connectivity index (χ0v) is 18.3. The monoisotopic (exact) mass is 402 g/mol. The van der Waals surface area contributed by atoms with Gasteiger partial charge in [0.2, 0.25) is 0 Å². The van der Waals surface area contributed by atoms with Crippen molar-refractivity contribution in [3.05, 3.63) is 0 Å². The Morgan fingerprint density at radius 3 is 1.30 bits per heavy atom. The van der Waals surface area contributed by atoms with E-state index in [0.29, 0.717) is 0 Å². The van der Waals surface area contributed by atoms with Crippen LogP contribution in [0.25, 0.3) is 0 Å². The quantitative estimate of drug-likeness (QED) is 0.130. The highest BCUT2D eigenvalue weighted by molar-refractivity contribution is 6.73. The van der Waals surface area contributed by atoms with Crippen LogP contribution < -0.4 is 0 Å². The molecule has 0 aliphatic rings. The highest BCUT2D eigenvalue weighted by atomic mass is 35.5. The molecule has 0 unspecified atom stereocenters. The van der Waals surface area contributed by atoms with Gasteiger partial charge in [-0.15, -0.1) is 34.8 Å². The first-order valence-electron chi connectivity index (χ1n) is 9.56. The normalized spacial score (nSPS) is 12.0. The van der Waals surface area contributed by atoms with E-state index in [1.165, 1.54) is 56.7 Å². The van der Waals surface area contributed by atoms with E-state index >= 15 is 0 Å². The molecule has 0 aliphatic carbocycles. The third kappa shape index (κ3) is 14.0. The zero-order valence-electron chi connectivity index (χ0n) is 15.1. The molecule has 0 spiro atoms. The van der Waals surface area contributed by atoms with Crippen LogP contribution in [-0.4, -0.2) is 32.6 Å². The zero-order chi connectivity index (χ0) is 17.2. The van der Waals surface area contributed by atoms with Crippen molar-refractivity contribution < 1.29 is 4.43 Å². The molecule has 0 fully saturated rings. The second-order valence-electron chi connectivity index (χ2n) is 6.53. The van der Waals surface area contributed by atoms with Crippen LogP contribution in [-0.2, 0) is 4.43 Å². The maximum atomic E-state index is 6.56. The van der Waals surface area contributed by atoms with Gasteiger partial charge in [0.15, 0.2) is 8.32 Å². The molecule has 0 saturated carbocycles. The van der Waals surface area contributed by atoms with Gasteiger partial charge in [-0.25, -0.2) is 0 Å².